The molecule has 12 unspecified atom stereocenters. The van der Waals surface area contributed by atoms with Gasteiger partial charge in [-0.25, -0.2) is 0 Å². The van der Waals surface area contributed by atoms with Crippen LogP contribution in [-0.2, 0) is 0 Å². The smallest absolute Gasteiger partial charge is 0.0163 e. The molecule has 0 aliphatic heterocycles. The molecule has 76 heavy (non-hydrogen) atoms. The van der Waals surface area contributed by atoms with Gasteiger partial charge in [0.25, 0.3) is 0 Å². The molecule has 0 saturated heterocycles. The van der Waals surface area contributed by atoms with E-state index in [1.165, 1.54) is 128 Å². The van der Waals surface area contributed by atoms with Crippen molar-refractivity contribution in [2.45, 2.75) is 334 Å². The summed E-state index contributed by atoms with van der Waals surface area (Å²) in [5.41, 5.74) is 0. The molecule has 12 atom stereocenters. The summed E-state index contributed by atoms with van der Waals surface area (Å²) in [6, 6.07) is 5.41. The zero-order chi connectivity index (χ0) is 51.3. The summed E-state index contributed by atoms with van der Waals surface area (Å²) < 4.78 is 0. The largest absolute Gasteiger partial charge is 0.294 e. The molecule has 0 aromatic carbocycles. The Morgan fingerprint density at radius 3 is 0.711 bits per heavy atom. The van der Waals surface area contributed by atoms with E-state index in [1.54, 1.807) is 141 Å². The number of allylic oxidation sites excluding steroid dienone is 2. The summed E-state index contributed by atoms with van der Waals surface area (Å²) in [7, 11) is 0. The minimum Gasteiger partial charge on any atom is -0.294 e. The highest BCUT2D eigenvalue weighted by atomic mass is 15.2. The van der Waals surface area contributed by atoms with Crippen LogP contribution in [0.15, 0.2) is 12.2 Å². The quantitative estimate of drug-likeness (QED) is 0.201. The Labute approximate surface area is 471 Å². The minimum absolute atomic E-state index is 0.858. The van der Waals surface area contributed by atoms with Gasteiger partial charge in [-0.3, -0.25) is 9.80 Å². The lowest BCUT2D eigenvalue weighted by molar-refractivity contribution is -0.167. The van der Waals surface area contributed by atoms with Gasteiger partial charge in [-0.05, 0) is 311 Å². The molecule has 0 aromatic rings. The maximum absolute atomic E-state index is 3.54. The van der Waals surface area contributed by atoms with Gasteiger partial charge in [0.05, 0.1) is 0 Å². The third-order valence-corrected chi connectivity index (χ3v) is 28.8. The molecule has 0 amide bonds. The Balaban J connectivity index is 0.779. The summed E-state index contributed by atoms with van der Waals surface area (Å²) in [6.07, 6.45) is 70.7. The number of hydrogen-bond acceptors (Lipinski definition) is 2. The zero-order valence-corrected chi connectivity index (χ0v) is 50.8. The van der Waals surface area contributed by atoms with Crippen molar-refractivity contribution >= 4 is 0 Å². The summed E-state index contributed by atoms with van der Waals surface area (Å²) in [5, 5.41) is 0. The fraction of sp³-hybridized carbons (Fsp3) is 0.973. The third kappa shape index (κ3) is 11.2. The Morgan fingerprint density at radius 1 is 0.211 bits per heavy atom. The topological polar surface area (TPSA) is 6.48 Å². The molecule has 0 aromatic heterocycles. The van der Waals surface area contributed by atoms with Gasteiger partial charge < -0.3 is 0 Å². The molecule has 13 saturated carbocycles. The first-order chi connectivity index (χ1) is 37.4. The van der Waals surface area contributed by atoms with Crippen LogP contribution in [-0.4, -0.2) is 46.1 Å². The van der Waals surface area contributed by atoms with E-state index in [0.29, 0.717) is 0 Å². The highest BCUT2D eigenvalue weighted by Gasteiger charge is 2.62. The molecule has 13 aliphatic carbocycles. The van der Waals surface area contributed by atoms with Gasteiger partial charge in [0.15, 0.2) is 0 Å². The summed E-state index contributed by atoms with van der Waals surface area (Å²) >= 11 is 0. The average molecular weight is 1040 g/mol. The first kappa shape index (κ1) is 54.9. The van der Waals surface area contributed by atoms with E-state index in [-0.39, 0.29) is 0 Å². The highest BCUT2D eigenvalue weighted by molar-refractivity contribution is 5.13. The van der Waals surface area contributed by atoms with Crippen LogP contribution < -0.4 is 0 Å². The molecule has 2 heteroatoms. The zero-order valence-electron chi connectivity index (χ0n) is 50.8. The van der Waals surface area contributed by atoms with Gasteiger partial charge in [0.1, 0.15) is 0 Å². The van der Waals surface area contributed by atoms with Crippen molar-refractivity contribution in [1.82, 2.24) is 9.80 Å². The van der Waals surface area contributed by atoms with Crippen LogP contribution >= 0.6 is 0 Å². The van der Waals surface area contributed by atoms with Crippen molar-refractivity contribution in [2.24, 2.45) is 118 Å². The Hall–Kier alpha value is -0.340. The van der Waals surface area contributed by atoms with Crippen LogP contribution in [0.1, 0.15) is 297 Å². The van der Waals surface area contributed by atoms with Crippen molar-refractivity contribution in [3.05, 3.63) is 12.2 Å². The summed E-state index contributed by atoms with van der Waals surface area (Å²) in [5.74, 6) is 20.2. The van der Waals surface area contributed by atoms with Gasteiger partial charge in [0, 0.05) is 36.3 Å². The fourth-order valence-corrected chi connectivity index (χ4v) is 25.4. The van der Waals surface area contributed by atoms with Crippen molar-refractivity contribution in [2.75, 3.05) is 0 Å². The van der Waals surface area contributed by atoms with Crippen LogP contribution in [0, 0.1) is 118 Å². The second kappa shape index (κ2) is 24.9. The molecule has 13 aliphatic rings. The predicted octanol–water partition coefficient (Wildman–Crippen LogP) is 20.3. The van der Waals surface area contributed by atoms with Gasteiger partial charge in [-0.15, -0.1) is 0 Å². The molecule has 13 fully saturated rings. The Bertz CT molecular complexity index is 1740. The average Bonchev–Trinajstić information content (AvgIpc) is 3.46. The molecule has 0 spiro atoms. The van der Waals surface area contributed by atoms with Gasteiger partial charge >= 0.3 is 0 Å². The maximum Gasteiger partial charge on any atom is 0.0163 e. The normalized spacial score (nSPS) is 51.5. The van der Waals surface area contributed by atoms with Crippen LogP contribution in [0.4, 0.5) is 0 Å². The Morgan fingerprint density at radius 2 is 0.421 bits per heavy atom. The monoisotopic (exact) mass is 1040 g/mol. The lowest BCUT2D eigenvalue weighted by atomic mass is 9.43. The summed E-state index contributed by atoms with van der Waals surface area (Å²) in [6.45, 7) is 10.3. The third-order valence-electron chi connectivity index (χ3n) is 28.8. The predicted molar refractivity (Wildman–Crippen MR) is 322 cm³/mol. The van der Waals surface area contributed by atoms with Crippen molar-refractivity contribution < 1.29 is 0 Å². The van der Waals surface area contributed by atoms with Crippen LogP contribution in [0.5, 0.6) is 0 Å². The van der Waals surface area contributed by atoms with E-state index in [2.05, 4.69) is 49.6 Å². The molecular formula is C74H124N2. The Kier molecular flexibility index (Phi) is 18.0. The van der Waals surface area contributed by atoms with Gasteiger partial charge in [-0.2, -0.15) is 0 Å². The maximum atomic E-state index is 3.54. The first-order valence-electron chi connectivity index (χ1n) is 36.6. The lowest BCUT2D eigenvalue weighted by Crippen LogP contribution is -2.65. The van der Waals surface area contributed by atoms with Crippen LogP contribution in [0.25, 0.3) is 0 Å². The molecular weight excluding hydrogens is 917 g/mol. The van der Waals surface area contributed by atoms with Gasteiger partial charge in [0.2, 0.25) is 0 Å². The SMILES string of the molecule is CC1CCC(/C=C/C2CCC(N(C3CCC(C)CC3)C3C4CCCCC4C(C4CCC(C5C6CCCCC6C(N(C6CCC(C)CC6)C6CCC(C)CC6)C6CCCCC65)C5CCCCC54)C4CCCCC43)CC2)CC1. The molecule has 430 valence electrons. The molecule has 0 heterocycles. The van der Waals surface area contributed by atoms with Crippen molar-refractivity contribution in [1.29, 1.82) is 0 Å². The van der Waals surface area contributed by atoms with E-state index >= 15 is 0 Å². The van der Waals surface area contributed by atoms with E-state index in [9.17, 15) is 0 Å². The van der Waals surface area contributed by atoms with E-state index in [0.717, 1.165) is 155 Å². The number of hydrogen-bond donors (Lipinski definition) is 0. The standard InChI is InChI=1S/C74H124N2/c1-49-25-33-53(34-26-49)35-36-54-37-45-58(46-38-54)76(57-43-31-52(4)32-44-57)74-69-23-13-9-19-63(69)72(64-20-10-14-24-70(64)74)66-48-47-65(59-15-5-6-16-60(59)66)71-61-17-7-11-21-67(61)73(68-22-12-8-18-62(68)71)75(55-39-27-50(2)28-40-55)56-41-29-51(3)30-42-56/h35-36,49-74H,5-34,37-48H2,1-4H3/b36-35+. The van der Waals surface area contributed by atoms with E-state index in [4.69, 9.17) is 0 Å². The molecule has 13 rings (SSSR count). The lowest BCUT2D eigenvalue weighted by Gasteiger charge is -2.66. The fourth-order valence-electron chi connectivity index (χ4n) is 25.4. The summed E-state index contributed by atoms with van der Waals surface area (Å²) in [4.78, 5) is 7.05. The van der Waals surface area contributed by atoms with E-state index in [1.807, 2.05) is 0 Å². The minimum atomic E-state index is 0.858. The van der Waals surface area contributed by atoms with E-state index < -0.39 is 0 Å². The second-order valence-corrected chi connectivity index (χ2v) is 32.7. The second-order valence-electron chi connectivity index (χ2n) is 32.7. The van der Waals surface area contributed by atoms with Gasteiger partial charge in [-0.1, -0.05) is 117 Å². The highest BCUT2D eigenvalue weighted by Crippen LogP contribution is 2.66. The van der Waals surface area contributed by atoms with Crippen molar-refractivity contribution in [3.8, 4) is 0 Å². The molecule has 0 bridgehead atoms. The number of rotatable bonds is 10. The molecule has 0 N–H and O–H groups in total. The van der Waals surface area contributed by atoms with Crippen LogP contribution in [0.3, 0.4) is 0 Å². The first-order valence-corrected chi connectivity index (χ1v) is 36.6. The number of fused-ring (bicyclic) bond motifs is 5. The number of nitrogens with zero attached hydrogens (tertiary/aromatic N) is 2. The molecule has 2 nitrogen and oxygen atoms in total. The molecule has 0 radical (unpaired) electrons. The van der Waals surface area contributed by atoms with Crippen molar-refractivity contribution in [3.63, 3.8) is 0 Å². The van der Waals surface area contributed by atoms with Crippen LogP contribution in [0.2, 0.25) is 0 Å².